The van der Waals surface area contributed by atoms with Gasteiger partial charge in [-0.1, -0.05) is 0 Å². The molecule has 5 rings (SSSR count). The Balaban J connectivity index is 1.50. The molecule has 0 aliphatic carbocycles. The minimum atomic E-state index is -4.52. The van der Waals surface area contributed by atoms with Crippen LogP contribution in [0.5, 0.6) is 0 Å². The van der Waals surface area contributed by atoms with Gasteiger partial charge in [0, 0.05) is 31.8 Å². The highest BCUT2D eigenvalue weighted by Crippen LogP contribution is 2.38. The van der Waals surface area contributed by atoms with E-state index in [1.165, 1.54) is 23.1 Å². The van der Waals surface area contributed by atoms with Gasteiger partial charge in [-0.15, -0.1) is 11.3 Å². The smallest absolute Gasteiger partial charge is 0.330 e. The molecule has 1 atom stereocenters. The number of carbonyl (C=O) groups is 1. The molecule has 0 radical (unpaired) electrons. The van der Waals surface area contributed by atoms with E-state index in [4.69, 9.17) is 0 Å². The maximum Gasteiger partial charge on any atom is 0.435 e. The zero-order valence-electron chi connectivity index (χ0n) is 17.5. The average molecular weight is 460 g/mol. The topological polar surface area (TPSA) is 68.8 Å². The molecule has 166 valence electrons. The molecule has 0 N–H and O–H groups in total. The van der Waals surface area contributed by atoms with Gasteiger partial charge >= 0.3 is 6.18 Å². The number of halogens is 3. The molecule has 0 unspecified atom stereocenters. The lowest BCUT2D eigenvalue weighted by Gasteiger charge is -2.33. The van der Waals surface area contributed by atoms with Gasteiger partial charge in [-0.2, -0.15) is 23.4 Å². The number of carbonyl (C=O) groups excluding carboxylic acids is 1. The quantitative estimate of drug-likeness (QED) is 0.450. The summed E-state index contributed by atoms with van der Waals surface area (Å²) in [5, 5.41) is 8.21. The number of fused-ring (bicyclic) bond motifs is 2. The number of nitrogens with zero attached hydrogens (tertiary/aromatic N) is 6. The van der Waals surface area contributed by atoms with Crippen LogP contribution in [0.3, 0.4) is 0 Å². The molecule has 0 spiro atoms. The standard InChI is InChI=1S/C21H19F3N6OS/c1-11-18-13(19(29(3)27-18)15-9-17(21(22,23)24)26-28(15)2)6-7-30(11)20(31)12-4-5-14-16(8-12)32-10-25-14/h4-5,8-11H,6-7H2,1-3H3/t11-/m0/s1. The summed E-state index contributed by atoms with van der Waals surface area (Å²) in [6, 6.07) is 6.17. The zero-order valence-corrected chi connectivity index (χ0v) is 18.3. The molecular weight excluding hydrogens is 441 g/mol. The van der Waals surface area contributed by atoms with Crippen LogP contribution in [-0.4, -0.2) is 41.9 Å². The van der Waals surface area contributed by atoms with Crippen LogP contribution in [-0.2, 0) is 26.7 Å². The van der Waals surface area contributed by atoms with Crippen LogP contribution in [0.4, 0.5) is 13.2 Å². The Labute approximate surface area is 185 Å². The van der Waals surface area contributed by atoms with Crippen molar-refractivity contribution < 1.29 is 18.0 Å². The second-order valence-corrected chi connectivity index (χ2v) is 8.72. The van der Waals surface area contributed by atoms with Gasteiger partial charge < -0.3 is 4.90 Å². The number of rotatable bonds is 2. The van der Waals surface area contributed by atoms with Crippen LogP contribution in [0.2, 0.25) is 0 Å². The third-order valence-corrected chi connectivity index (χ3v) is 6.69. The second-order valence-electron chi connectivity index (χ2n) is 7.83. The fourth-order valence-electron chi connectivity index (χ4n) is 4.32. The van der Waals surface area contributed by atoms with E-state index in [1.807, 2.05) is 19.1 Å². The normalized spacial score (nSPS) is 16.6. The fourth-order valence-corrected chi connectivity index (χ4v) is 5.04. The van der Waals surface area contributed by atoms with Crippen LogP contribution in [0.25, 0.3) is 21.6 Å². The number of aromatic nitrogens is 5. The Morgan fingerprint density at radius 2 is 1.94 bits per heavy atom. The number of hydrogen-bond donors (Lipinski definition) is 0. The van der Waals surface area contributed by atoms with E-state index in [0.717, 1.165) is 21.8 Å². The van der Waals surface area contributed by atoms with Crippen LogP contribution in [0.15, 0.2) is 29.8 Å². The first-order valence-electron chi connectivity index (χ1n) is 9.96. The highest BCUT2D eigenvalue weighted by Gasteiger charge is 2.37. The maximum absolute atomic E-state index is 13.3. The molecular formula is C21H19F3N6OS. The van der Waals surface area contributed by atoms with Gasteiger partial charge in [0.1, 0.15) is 0 Å². The van der Waals surface area contributed by atoms with Gasteiger partial charge in [-0.05, 0) is 37.6 Å². The monoisotopic (exact) mass is 460 g/mol. The summed E-state index contributed by atoms with van der Waals surface area (Å²) in [4.78, 5) is 19.3. The van der Waals surface area contributed by atoms with E-state index in [2.05, 4.69) is 15.2 Å². The minimum Gasteiger partial charge on any atom is -0.330 e. The molecule has 32 heavy (non-hydrogen) atoms. The highest BCUT2D eigenvalue weighted by atomic mass is 32.1. The van der Waals surface area contributed by atoms with Gasteiger partial charge in [0.2, 0.25) is 0 Å². The Bertz CT molecular complexity index is 1350. The first kappa shape index (κ1) is 20.7. The van der Waals surface area contributed by atoms with Crippen molar-refractivity contribution in [3.05, 3.63) is 52.3 Å². The molecule has 0 fully saturated rings. The van der Waals surface area contributed by atoms with Crippen molar-refractivity contribution in [2.24, 2.45) is 14.1 Å². The first-order chi connectivity index (χ1) is 15.1. The number of amides is 1. The lowest BCUT2D eigenvalue weighted by molar-refractivity contribution is -0.141. The summed E-state index contributed by atoms with van der Waals surface area (Å²) in [6.07, 6.45) is -4.03. The molecule has 1 aliphatic heterocycles. The van der Waals surface area contributed by atoms with Gasteiger partial charge in [0.05, 0.1) is 38.9 Å². The number of alkyl halides is 3. The van der Waals surface area contributed by atoms with Crippen molar-refractivity contribution in [2.45, 2.75) is 25.6 Å². The molecule has 0 saturated carbocycles. The van der Waals surface area contributed by atoms with Crippen molar-refractivity contribution >= 4 is 27.5 Å². The van der Waals surface area contributed by atoms with Crippen molar-refractivity contribution in [3.63, 3.8) is 0 Å². The lowest BCUT2D eigenvalue weighted by Crippen LogP contribution is -2.38. The zero-order chi connectivity index (χ0) is 22.8. The van der Waals surface area contributed by atoms with Crippen LogP contribution < -0.4 is 0 Å². The van der Waals surface area contributed by atoms with Gasteiger partial charge in [-0.3, -0.25) is 14.2 Å². The highest BCUT2D eigenvalue weighted by molar-refractivity contribution is 7.16. The molecule has 0 saturated heterocycles. The van der Waals surface area contributed by atoms with Crippen molar-refractivity contribution in [3.8, 4) is 11.4 Å². The number of aryl methyl sites for hydroxylation is 2. The van der Waals surface area contributed by atoms with Crippen LogP contribution in [0, 0.1) is 0 Å². The molecule has 3 aromatic heterocycles. The first-order valence-corrected chi connectivity index (χ1v) is 10.8. The van der Waals surface area contributed by atoms with E-state index in [1.54, 1.807) is 28.2 Å². The Morgan fingerprint density at radius 3 is 2.66 bits per heavy atom. The Hall–Kier alpha value is -3.21. The summed E-state index contributed by atoms with van der Waals surface area (Å²) in [6.45, 7) is 2.33. The van der Waals surface area contributed by atoms with Crippen molar-refractivity contribution in [2.75, 3.05) is 6.54 Å². The van der Waals surface area contributed by atoms with E-state index >= 15 is 0 Å². The number of benzene rings is 1. The predicted molar refractivity (Wildman–Crippen MR) is 113 cm³/mol. The SMILES string of the molecule is C[C@H]1c2nn(C)c(-c3cc(C(F)(F)F)nn3C)c2CCN1C(=O)c1ccc2ncsc2c1. The summed E-state index contributed by atoms with van der Waals surface area (Å²) in [5.41, 5.74) is 4.71. The lowest BCUT2D eigenvalue weighted by atomic mass is 9.96. The molecule has 1 aliphatic rings. The largest absolute Gasteiger partial charge is 0.435 e. The molecule has 1 aromatic carbocycles. The van der Waals surface area contributed by atoms with E-state index < -0.39 is 11.9 Å². The maximum atomic E-state index is 13.3. The van der Waals surface area contributed by atoms with E-state index in [9.17, 15) is 18.0 Å². The predicted octanol–water partition coefficient (Wildman–Crippen LogP) is 4.21. The van der Waals surface area contributed by atoms with Gasteiger partial charge in [-0.25, -0.2) is 4.98 Å². The number of hydrogen-bond acceptors (Lipinski definition) is 5. The fraction of sp³-hybridized carbons (Fsp3) is 0.333. The molecule has 0 bridgehead atoms. The third kappa shape index (κ3) is 3.19. The van der Waals surface area contributed by atoms with Gasteiger partial charge in [0.25, 0.3) is 5.91 Å². The third-order valence-electron chi connectivity index (χ3n) is 5.89. The summed E-state index contributed by atoms with van der Waals surface area (Å²) < 4.78 is 43.2. The molecule has 7 nitrogen and oxygen atoms in total. The molecule has 4 heterocycles. The average Bonchev–Trinajstić information content (AvgIpc) is 3.43. The molecule has 1 amide bonds. The van der Waals surface area contributed by atoms with E-state index in [-0.39, 0.29) is 11.9 Å². The van der Waals surface area contributed by atoms with E-state index in [0.29, 0.717) is 35.6 Å². The summed E-state index contributed by atoms with van der Waals surface area (Å²) >= 11 is 1.48. The van der Waals surface area contributed by atoms with Crippen LogP contribution in [0.1, 0.15) is 40.3 Å². The number of thiazole rings is 1. The van der Waals surface area contributed by atoms with Gasteiger partial charge in [0.15, 0.2) is 5.69 Å². The minimum absolute atomic E-state index is 0.106. The molecule has 11 heteroatoms. The summed E-state index contributed by atoms with van der Waals surface area (Å²) in [5.74, 6) is -0.106. The van der Waals surface area contributed by atoms with Crippen LogP contribution >= 0.6 is 11.3 Å². The second kappa shape index (κ2) is 7.16. The Morgan fingerprint density at radius 1 is 1.16 bits per heavy atom. The Kier molecular flexibility index (Phi) is 4.63. The van der Waals surface area contributed by atoms with Crippen molar-refractivity contribution in [1.82, 2.24) is 29.4 Å². The summed E-state index contributed by atoms with van der Waals surface area (Å²) in [7, 11) is 3.19. The molecule has 4 aromatic rings. The van der Waals surface area contributed by atoms with Crippen molar-refractivity contribution in [1.29, 1.82) is 0 Å².